The molecule has 20 heavy (non-hydrogen) atoms. The molecule has 1 rings (SSSR count). The molecule has 0 unspecified atom stereocenters. The van der Waals surface area contributed by atoms with Crippen LogP contribution in [0.5, 0.6) is 0 Å². The minimum absolute atomic E-state index is 0.476. The summed E-state index contributed by atoms with van der Waals surface area (Å²) < 4.78 is 1.11. The van der Waals surface area contributed by atoms with E-state index >= 15 is 0 Å². The Morgan fingerprint density at radius 2 is 2.00 bits per heavy atom. The number of hydrogen-bond acceptors (Lipinski definition) is 3. The number of nitrogens with one attached hydrogen (secondary N) is 1. The van der Waals surface area contributed by atoms with Gasteiger partial charge in [0, 0.05) is 35.8 Å². The highest BCUT2D eigenvalue weighted by atomic mass is 79.9. The molecule has 0 amide bonds. The number of hydrogen-bond donors (Lipinski definition) is 2. The molecule has 0 aliphatic heterocycles. The van der Waals surface area contributed by atoms with Crippen LogP contribution in [0.4, 0.5) is 5.69 Å². The van der Waals surface area contributed by atoms with Gasteiger partial charge < -0.3 is 15.3 Å². The second kappa shape index (κ2) is 7.43. The van der Waals surface area contributed by atoms with Crippen LogP contribution >= 0.6 is 15.9 Å². The van der Waals surface area contributed by atoms with Gasteiger partial charge in [0.15, 0.2) is 0 Å². The van der Waals surface area contributed by atoms with Gasteiger partial charge in [0.05, 0.1) is 5.60 Å². The van der Waals surface area contributed by atoms with Gasteiger partial charge >= 0.3 is 0 Å². The Hall–Kier alpha value is -0.580. The van der Waals surface area contributed by atoms with E-state index in [1.807, 2.05) is 13.8 Å². The van der Waals surface area contributed by atoms with Crippen molar-refractivity contribution in [1.29, 1.82) is 0 Å². The minimum Gasteiger partial charge on any atom is -0.389 e. The van der Waals surface area contributed by atoms with Crippen LogP contribution in [0.2, 0.25) is 0 Å². The van der Waals surface area contributed by atoms with Gasteiger partial charge in [-0.3, -0.25) is 0 Å². The smallest absolute Gasteiger partial charge is 0.0765 e. The molecule has 4 heteroatoms. The number of anilines is 1. The Kier molecular flexibility index (Phi) is 6.49. The number of aliphatic hydroxyl groups is 1. The largest absolute Gasteiger partial charge is 0.389 e. The zero-order valence-electron chi connectivity index (χ0n) is 13.2. The van der Waals surface area contributed by atoms with Crippen LogP contribution in [0, 0.1) is 0 Å². The Balaban J connectivity index is 2.84. The average molecular weight is 343 g/mol. The van der Waals surface area contributed by atoms with Crippen molar-refractivity contribution in [1.82, 2.24) is 5.32 Å². The van der Waals surface area contributed by atoms with E-state index in [-0.39, 0.29) is 0 Å². The molecular formula is C16H27BrN2O. The van der Waals surface area contributed by atoms with Crippen LogP contribution in [0.15, 0.2) is 22.7 Å². The molecule has 3 nitrogen and oxygen atoms in total. The van der Waals surface area contributed by atoms with Gasteiger partial charge in [-0.05, 0) is 38.5 Å². The molecule has 0 bridgehead atoms. The summed E-state index contributed by atoms with van der Waals surface area (Å²) in [5, 5.41) is 13.4. The zero-order valence-corrected chi connectivity index (χ0v) is 14.8. The summed E-state index contributed by atoms with van der Waals surface area (Å²) in [7, 11) is 0. The van der Waals surface area contributed by atoms with Gasteiger partial charge in [0.2, 0.25) is 0 Å². The van der Waals surface area contributed by atoms with E-state index in [0.717, 1.165) is 23.2 Å². The second-order valence-corrected chi connectivity index (χ2v) is 6.99. The van der Waals surface area contributed by atoms with Crippen molar-refractivity contribution in [2.75, 3.05) is 18.0 Å². The fraction of sp³-hybridized carbons (Fsp3) is 0.625. The molecule has 2 N–H and O–H groups in total. The number of nitrogens with zero attached hydrogens (tertiary/aromatic N) is 1. The maximum absolute atomic E-state index is 9.99. The maximum Gasteiger partial charge on any atom is 0.0765 e. The molecule has 0 aliphatic rings. The molecule has 0 fully saturated rings. The second-order valence-electron chi connectivity index (χ2n) is 6.14. The molecular weight excluding hydrogens is 316 g/mol. The van der Waals surface area contributed by atoms with E-state index < -0.39 is 5.60 Å². The molecule has 0 saturated heterocycles. The van der Waals surface area contributed by atoms with E-state index in [9.17, 15) is 5.11 Å². The van der Waals surface area contributed by atoms with Crippen molar-refractivity contribution in [3.63, 3.8) is 0 Å². The Bertz CT molecular complexity index is 427. The van der Waals surface area contributed by atoms with Gasteiger partial charge in [0.25, 0.3) is 0 Å². The molecule has 0 aromatic heterocycles. The third-order valence-electron chi connectivity index (χ3n) is 3.06. The number of halogens is 1. The lowest BCUT2D eigenvalue weighted by atomic mass is 10.1. The fourth-order valence-electron chi connectivity index (χ4n) is 2.04. The van der Waals surface area contributed by atoms with Gasteiger partial charge in [-0.15, -0.1) is 0 Å². The molecule has 0 heterocycles. The van der Waals surface area contributed by atoms with Crippen LogP contribution < -0.4 is 10.2 Å². The van der Waals surface area contributed by atoms with Crippen molar-refractivity contribution in [3.05, 3.63) is 28.2 Å². The lowest BCUT2D eigenvalue weighted by Crippen LogP contribution is -2.38. The van der Waals surface area contributed by atoms with E-state index in [1.165, 1.54) is 5.56 Å². The minimum atomic E-state index is -0.694. The van der Waals surface area contributed by atoms with E-state index in [0.29, 0.717) is 12.6 Å². The number of rotatable bonds is 7. The normalized spacial score (nSPS) is 12.0. The van der Waals surface area contributed by atoms with E-state index in [2.05, 4.69) is 65.1 Å². The quantitative estimate of drug-likeness (QED) is 0.795. The van der Waals surface area contributed by atoms with Gasteiger partial charge in [-0.25, -0.2) is 0 Å². The zero-order chi connectivity index (χ0) is 15.3. The van der Waals surface area contributed by atoms with E-state index in [4.69, 9.17) is 0 Å². The highest BCUT2D eigenvalue weighted by Crippen LogP contribution is 2.25. The number of likely N-dealkylation sites (N-methyl/N-ethyl adjacent to an activating group) is 1. The first kappa shape index (κ1) is 17.5. The van der Waals surface area contributed by atoms with Crippen LogP contribution in [0.25, 0.3) is 0 Å². The van der Waals surface area contributed by atoms with E-state index in [1.54, 1.807) is 0 Å². The molecule has 1 aromatic carbocycles. The lowest BCUT2D eigenvalue weighted by molar-refractivity contribution is 0.0876. The molecule has 0 aliphatic carbocycles. The first-order chi connectivity index (χ1) is 9.23. The summed E-state index contributed by atoms with van der Waals surface area (Å²) in [5.74, 6) is 0. The molecule has 0 atom stereocenters. The predicted molar refractivity (Wildman–Crippen MR) is 90.3 cm³/mol. The van der Waals surface area contributed by atoms with Gasteiger partial charge in [0.1, 0.15) is 0 Å². The highest BCUT2D eigenvalue weighted by Gasteiger charge is 2.18. The average Bonchev–Trinajstić information content (AvgIpc) is 2.33. The predicted octanol–water partition coefficient (Wildman–Crippen LogP) is 3.54. The Morgan fingerprint density at radius 1 is 1.35 bits per heavy atom. The van der Waals surface area contributed by atoms with Crippen molar-refractivity contribution in [2.24, 2.45) is 0 Å². The van der Waals surface area contributed by atoms with Crippen LogP contribution in [-0.2, 0) is 6.54 Å². The first-order valence-electron chi connectivity index (χ1n) is 7.22. The molecule has 0 spiro atoms. The third kappa shape index (κ3) is 5.81. The maximum atomic E-state index is 9.99. The molecule has 1 aromatic rings. The van der Waals surface area contributed by atoms with Crippen molar-refractivity contribution in [2.45, 2.75) is 52.8 Å². The molecule has 0 saturated carbocycles. The fourth-order valence-corrected chi connectivity index (χ4v) is 2.55. The van der Waals surface area contributed by atoms with Gasteiger partial charge in [-0.1, -0.05) is 35.8 Å². The molecule has 114 valence electrons. The third-order valence-corrected chi connectivity index (χ3v) is 3.80. The number of benzene rings is 1. The van der Waals surface area contributed by atoms with Gasteiger partial charge in [-0.2, -0.15) is 0 Å². The SMILES string of the molecule is CCN(CC(C)(C)O)c1ccc(CNC(C)C)c(Br)c1. The van der Waals surface area contributed by atoms with Crippen molar-refractivity contribution in [3.8, 4) is 0 Å². The summed E-state index contributed by atoms with van der Waals surface area (Å²) in [6.45, 7) is 12.4. The highest BCUT2D eigenvalue weighted by molar-refractivity contribution is 9.10. The topological polar surface area (TPSA) is 35.5 Å². The van der Waals surface area contributed by atoms with Crippen molar-refractivity contribution < 1.29 is 5.11 Å². The van der Waals surface area contributed by atoms with Crippen LogP contribution in [0.1, 0.15) is 40.2 Å². The Labute approximate surface area is 131 Å². The Morgan fingerprint density at radius 3 is 2.45 bits per heavy atom. The van der Waals surface area contributed by atoms with Crippen LogP contribution in [-0.4, -0.2) is 29.8 Å². The molecule has 0 radical (unpaired) electrons. The summed E-state index contributed by atoms with van der Waals surface area (Å²) in [4.78, 5) is 2.18. The summed E-state index contributed by atoms with van der Waals surface area (Å²) in [6, 6.07) is 6.87. The van der Waals surface area contributed by atoms with Crippen molar-refractivity contribution >= 4 is 21.6 Å². The standard InChI is InChI=1S/C16H27BrN2O/c1-6-19(11-16(4,5)20)14-8-7-13(15(17)9-14)10-18-12(2)3/h7-9,12,18,20H,6,10-11H2,1-5H3. The lowest BCUT2D eigenvalue weighted by Gasteiger charge is -2.30. The van der Waals surface area contributed by atoms with Crippen LogP contribution in [0.3, 0.4) is 0 Å². The summed E-state index contributed by atoms with van der Waals surface area (Å²) in [6.07, 6.45) is 0. The summed E-state index contributed by atoms with van der Waals surface area (Å²) >= 11 is 3.65. The summed E-state index contributed by atoms with van der Waals surface area (Å²) in [5.41, 5.74) is 1.69. The monoisotopic (exact) mass is 342 g/mol. The first-order valence-corrected chi connectivity index (χ1v) is 8.01.